The molecule has 226 valence electrons. The lowest BCUT2D eigenvalue weighted by molar-refractivity contribution is 0.632. The van der Waals surface area contributed by atoms with Gasteiger partial charge in [0.25, 0.3) is 0 Å². The van der Waals surface area contributed by atoms with Crippen molar-refractivity contribution in [3.8, 4) is 33.6 Å². The lowest BCUT2D eigenvalue weighted by Crippen LogP contribution is -1.93. The number of aryl methyl sites for hydroxylation is 2. The van der Waals surface area contributed by atoms with E-state index in [2.05, 4.69) is 153 Å². The molecule has 0 N–H and O–H groups in total. The summed E-state index contributed by atoms with van der Waals surface area (Å²) in [7, 11) is 0. The highest BCUT2D eigenvalue weighted by molar-refractivity contribution is 6.31. The summed E-state index contributed by atoms with van der Waals surface area (Å²) in [6, 6.07) is 53.7. The monoisotopic (exact) mass is 612 g/mol. The van der Waals surface area contributed by atoms with Gasteiger partial charge in [0.15, 0.2) is 0 Å². The van der Waals surface area contributed by atoms with Crippen molar-refractivity contribution in [2.24, 2.45) is 0 Å². The van der Waals surface area contributed by atoms with Gasteiger partial charge in [0.2, 0.25) is 0 Å². The van der Waals surface area contributed by atoms with E-state index in [1.165, 1.54) is 87.2 Å². The van der Waals surface area contributed by atoms with Crippen molar-refractivity contribution in [3.63, 3.8) is 0 Å². The first-order chi connectivity index (χ1) is 23.7. The Balaban J connectivity index is 1.35. The summed E-state index contributed by atoms with van der Waals surface area (Å²) in [4.78, 5) is 0. The molecular formula is C47H32O. The van der Waals surface area contributed by atoms with Gasteiger partial charge in [-0.2, -0.15) is 0 Å². The van der Waals surface area contributed by atoms with Crippen molar-refractivity contribution in [2.75, 3.05) is 0 Å². The van der Waals surface area contributed by atoms with Crippen LogP contribution in [0.25, 0.3) is 98.4 Å². The summed E-state index contributed by atoms with van der Waals surface area (Å²) in [6.45, 7) is 4.44. The van der Waals surface area contributed by atoms with Gasteiger partial charge < -0.3 is 4.42 Å². The van der Waals surface area contributed by atoms with E-state index in [9.17, 15) is 0 Å². The highest BCUT2D eigenvalue weighted by Gasteiger charge is 2.21. The maximum atomic E-state index is 6.60. The zero-order valence-electron chi connectivity index (χ0n) is 27.0. The fourth-order valence-corrected chi connectivity index (χ4v) is 8.26. The van der Waals surface area contributed by atoms with Crippen molar-refractivity contribution in [1.29, 1.82) is 0 Å². The van der Waals surface area contributed by atoms with Crippen molar-refractivity contribution in [1.82, 2.24) is 0 Å². The Labute approximate surface area is 279 Å². The van der Waals surface area contributed by atoms with Gasteiger partial charge in [-0.25, -0.2) is 0 Å². The molecule has 48 heavy (non-hydrogen) atoms. The van der Waals surface area contributed by atoms with E-state index in [0.717, 1.165) is 28.7 Å². The lowest BCUT2D eigenvalue weighted by Gasteiger charge is -2.20. The Bertz CT molecular complexity index is 2850. The van der Waals surface area contributed by atoms with Gasteiger partial charge in [-0.1, -0.05) is 134 Å². The summed E-state index contributed by atoms with van der Waals surface area (Å²) < 4.78 is 6.60. The minimum absolute atomic E-state index is 0.896. The van der Waals surface area contributed by atoms with Crippen LogP contribution in [0.4, 0.5) is 0 Å². The molecule has 1 heteroatoms. The highest BCUT2D eigenvalue weighted by atomic mass is 16.3. The summed E-state index contributed by atoms with van der Waals surface area (Å²) in [6.07, 6.45) is 1.01. The van der Waals surface area contributed by atoms with Crippen LogP contribution in [-0.4, -0.2) is 0 Å². The first kappa shape index (κ1) is 27.2. The minimum Gasteiger partial charge on any atom is -0.456 e. The van der Waals surface area contributed by atoms with Gasteiger partial charge in [0.1, 0.15) is 11.3 Å². The number of para-hydroxylation sites is 1. The molecule has 0 aliphatic heterocycles. The quantitative estimate of drug-likeness (QED) is 0.180. The molecule has 1 aromatic heterocycles. The normalized spacial score (nSPS) is 12.0. The van der Waals surface area contributed by atoms with Gasteiger partial charge in [-0.3, -0.25) is 0 Å². The standard InChI is InChI=1S/C47H32O/c1-3-29-17-21-36(35-14-8-6-12-33(29)35)37-22-18-30-19-23-41-43(45-26-31-10-4-9-15-44(31)48-45)27-42(40-25-24-39(37)46(30)47(40)41)38-20-16-28(2)32-11-5-7-13-34(32)38/h4-27H,3H2,1-2H3. The smallest absolute Gasteiger partial charge is 0.136 e. The van der Waals surface area contributed by atoms with Crippen LogP contribution in [-0.2, 0) is 6.42 Å². The maximum absolute atomic E-state index is 6.60. The Morgan fingerprint density at radius 1 is 0.417 bits per heavy atom. The average molecular weight is 613 g/mol. The third-order valence-corrected chi connectivity index (χ3v) is 10.6. The predicted octanol–water partition coefficient (Wildman–Crippen LogP) is 13.5. The molecule has 0 spiro atoms. The molecule has 0 aliphatic rings. The van der Waals surface area contributed by atoms with E-state index in [0.29, 0.717) is 0 Å². The minimum atomic E-state index is 0.896. The Morgan fingerprint density at radius 2 is 1.00 bits per heavy atom. The number of furan rings is 1. The van der Waals surface area contributed by atoms with E-state index in [1.54, 1.807) is 0 Å². The molecule has 1 heterocycles. The Morgan fingerprint density at radius 3 is 1.81 bits per heavy atom. The molecule has 0 amide bonds. The molecule has 10 aromatic rings. The third kappa shape index (κ3) is 3.85. The Hall–Kier alpha value is -5.92. The van der Waals surface area contributed by atoms with E-state index >= 15 is 0 Å². The van der Waals surface area contributed by atoms with Crippen LogP contribution in [0.15, 0.2) is 150 Å². The second-order valence-corrected chi connectivity index (χ2v) is 13.1. The van der Waals surface area contributed by atoms with Crippen LogP contribution in [0, 0.1) is 6.92 Å². The molecule has 0 fully saturated rings. The van der Waals surface area contributed by atoms with Crippen LogP contribution in [0.1, 0.15) is 18.1 Å². The van der Waals surface area contributed by atoms with Crippen LogP contribution in [0.3, 0.4) is 0 Å². The summed E-state index contributed by atoms with van der Waals surface area (Å²) in [5, 5.41) is 13.9. The summed E-state index contributed by atoms with van der Waals surface area (Å²) in [5.41, 5.74) is 9.73. The average Bonchev–Trinajstić information content (AvgIpc) is 3.58. The van der Waals surface area contributed by atoms with Gasteiger partial charge in [-0.15, -0.1) is 0 Å². The SMILES string of the molecule is CCc1ccc(-c2ccc3ccc4c(-c5cc6ccccc6o5)cc(-c5ccc(C)c6ccccc56)c5ccc2c3c45)c2ccccc12. The topological polar surface area (TPSA) is 13.1 Å². The number of rotatable bonds is 4. The van der Waals surface area contributed by atoms with E-state index in [1.807, 2.05) is 6.07 Å². The fourth-order valence-electron chi connectivity index (χ4n) is 8.26. The first-order valence-electron chi connectivity index (χ1n) is 16.9. The molecule has 0 unspecified atom stereocenters. The molecule has 9 aromatic carbocycles. The van der Waals surface area contributed by atoms with Crippen molar-refractivity contribution >= 4 is 64.8 Å². The summed E-state index contributed by atoms with van der Waals surface area (Å²) in [5.74, 6) is 0.896. The summed E-state index contributed by atoms with van der Waals surface area (Å²) >= 11 is 0. The number of benzene rings is 9. The van der Waals surface area contributed by atoms with Gasteiger partial charge >= 0.3 is 0 Å². The molecule has 10 rings (SSSR count). The number of hydrogen-bond donors (Lipinski definition) is 0. The van der Waals surface area contributed by atoms with E-state index < -0.39 is 0 Å². The van der Waals surface area contributed by atoms with Crippen LogP contribution in [0.2, 0.25) is 0 Å². The van der Waals surface area contributed by atoms with E-state index in [4.69, 9.17) is 4.42 Å². The highest BCUT2D eigenvalue weighted by Crippen LogP contribution is 2.48. The largest absolute Gasteiger partial charge is 0.456 e. The molecule has 0 atom stereocenters. The van der Waals surface area contributed by atoms with Crippen molar-refractivity contribution in [2.45, 2.75) is 20.3 Å². The Kier molecular flexibility index (Phi) is 5.83. The van der Waals surface area contributed by atoms with Crippen LogP contribution >= 0.6 is 0 Å². The zero-order chi connectivity index (χ0) is 31.9. The molecule has 0 bridgehead atoms. The predicted molar refractivity (Wildman–Crippen MR) is 205 cm³/mol. The first-order valence-corrected chi connectivity index (χ1v) is 16.9. The molecule has 0 saturated heterocycles. The van der Waals surface area contributed by atoms with Crippen LogP contribution < -0.4 is 0 Å². The maximum Gasteiger partial charge on any atom is 0.136 e. The van der Waals surface area contributed by atoms with Crippen LogP contribution in [0.5, 0.6) is 0 Å². The molecule has 0 aliphatic carbocycles. The number of hydrogen-bond acceptors (Lipinski definition) is 1. The molecule has 1 nitrogen and oxygen atoms in total. The molecule has 0 saturated carbocycles. The van der Waals surface area contributed by atoms with Crippen molar-refractivity contribution < 1.29 is 4.42 Å². The number of fused-ring (bicyclic) bond motifs is 3. The lowest BCUT2D eigenvalue weighted by atomic mass is 9.83. The van der Waals surface area contributed by atoms with Crippen molar-refractivity contribution in [3.05, 3.63) is 157 Å². The van der Waals surface area contributed by atoms with Gasteiger partial charge in [-0.05, 0) is 119 Å². The van der Waals surface area contributed by atoms with E-state index in [-0.39, 0.29) is 0 Å². The molecule has 0 radical (unpaired) electrons. The fraction of sp³-hybridized carbons (Fsp3) is 0.0638. The van der Waals surface area contributed by atoms with Gasteiger partial charge in [0.05, 0.1) is 0 Å². The molecular weight excluding hydrogens is 581 g/mol. The zero-order valence-corrected chi connectivity index (χ0v) is 27.0. The second kappa shape index (κ2) is 10.3. The van der Waals surface area contributed by atoms with Gasteiger partial charge in [0, 0.05) is 10.9 Å². The second-order valence-electron chi connectivity index (χ2n) is 13.1. The third-order valence-electron chi connectivity index (χ3n) is 10.6.